The lowest BCUT2D eigenvalue weighted by molar-refractivity contribution is 1.22. The van der Waals surface area contributed by atoms with E-state index < -0.39 is 0 Å². The van der Waals surface area contributed by atoms with Crippen LogP contribution in [-0.2, 0) is 0 Å². The summed E-state index contributed by atoms with van der Waals surface area (Å²) in [5, 5.41) is 2.11. The minimum absolute atomic E-state index is 0.919. The second kappa shape index (κ2) is 8.33. The number of nitrogens with zero attached hydrogens (tertiary/aromatic N) is 4. The molecule has 8 rings (SSSR count). The number of rotatable bonds is 3. The fraction of sp³-hybridized carbons (Fsp3) is 0. The molecule has 0 saturated heterocycles. The van der Waals surface area contributed by atoms with E-state index in [1.165, 1.54) is 4.70 Å². The predicted molar refractivity (Wildman–Crippen MR) is 157 cm³/mol. The molecule has 4 heterocycles. The van der Waals surface area contributed by atoms with E-state index in [9.17, 15) is 0 Å². The number of hydrogen-bond acceptors (Lipinski definition) is 4. The first-order valence-corrected chi connectivity index (χ1v) is 13.4. The maximum Gasteiger partial charge on any atom is 0.137 e. The predicted octanol–water partition coefficient (Wildman–Crippen LogP) is 8.65. The van der Waals surface area contributed by atoms with E-state index in [2.05, 4.69) is 89.5 Å². The van der Waals surface area contributed by atoms with E-state index in [-0.39, 0.29) is 0 Å². The molecule has 0 atom stereocenters. The smallest absolute Gasteiger partial charge is 0.137 e. The van der Waals surface area contributed by atoms with Gasteiger partial charge >= 0.3 is 0 Å². The number of thiazole rings is 1. The quantitative estimate of drug-likeness (QED) is 0.242. The van der Waals surface area contributed by atoms with Gasteiger partial charge in [0.2, 0.25) is 0 Å². The van der Waals surface area contributed by atoms with Gasteiger partial charge in [-0.25, -0.2) is 15.0 Å². The Labute approximate surface area is 222 Å². The van der Waals surface area contributed by atoms with Crippen LogP contribution in [0.15, 0.2) is 121 Å². The molecular weight excluding hydrogens is 484 g/mol. The highest BCUT2D eigenvalue weighted by Gasteiger charge is 2.17. The van der Waals surface area contributed by atoms with Crippen LogP contribution >= 0.6 is 11.3 Å². The largest absolute Gasteiger partial charge is 0.298 e. The van der Waals surface area contributed by atoms with Gasteiger partial charge in [-0.05, 0) is 47.5 Å². The number of aromatic nitrogens is 4. The summed E-state index contributed by atoms with van der Waals surface area (Å²) in [4.78, 5) is 15.0. The molecule has 4 aromatic carbocycles. The molecule has 0 fully saturated rings. The molecule has 178 valence electrons. The summed E-state index contributed by atoms with van der Waals surface area (Å²) in [6.07, 6.45) is 2.07. The number of benzene rings is 4. The number of imidazole rings is 1. The molecule has 38 heavy (non-hydrogen) atoms. The highest BCUT2D eigenvalue weighted by Crippen LogP contribution is 2.36. The zero-order chi connectivity index (χ0) is 25.1. The van der Waals surface area contributed by atoms with Crippen molar-refractivity contribution in [3.05, 3.63) is 121 Å². The van der Waals surface area contributed by atoms with Crippen molar-refractivity contribution in [1.29, 1.82) is 0 Å². The molecule has 0 N–H and O–H groups in total. The van der Waals surface area contributed by atoms with Gasteiger partial charge in [0, 0.05) is 22.7 Å². The standard InChI is InChI=1S/C33H20N4S/c1-2-9-21(10-3-1)33-35-27-17-16-23(20-28(27)38-33)22-11-8-12-24(19-22)30-32-31(25-13-4-5-14-26(25)34-30)36-29-15-6-7-18-37(29)32/h1-20H. The van der Waals surface area contributed by atoms with E-state index in [0.29, 0.717) is 0 Å². The van der Waals surface area contributed by atoms with Crippen molar-refractivity contribution >= 4 is 49.1 Å². The van der Waals surface area contributed by atoms with Crippen LogP contribution < -0.4 is 0 Å². The summed E-state index contributed by atoms with van der Waals surface area (Å²) in [5.41, 5.74) is 10.4. The third-order valence-corrected chi connectivity index (χ3v) is 8.09. The number of fused-ring (bicyclic) bond motifs is 6. The van der Waals surface area contributed by atoms with Crippen LogP contribution in [-0.4, -0.2) is 19.4 Å². The van der Waals surface area contributed by atoms with E-state index >= 15 is 0 Å². The molecule has 0 bridgehead atoms. The Hall–Kier alpha value is -4.87. The Morgan fingerprint density at radius 3 is 2.29 bits per heavy atom. The molecule has 5 heteroatoms. The third-order valence-electron chi connectivity index (χ3n) is 7.02. The van der Waals surface area contributed by atoms with Gasteiger partial charge in [0.05, 0.1) is 26.9 Å². The Bertz CT molecular complexity index is 2140. The lowest BCUT2D eigenvalue weighted by Crippen LogP contribution is -1.92. The van der Waals surface area contributed by atoms with E-state index in [4.69, 9.17) is 15.0 Å². The summed E-state index contributed by atoms with van der Waals surface area (Å²) >= 11 is 1.73. The van der Waals surface area contributed by atoms with E-state index in [1.807, 2.05) is 36.4 Å². The van der Waals surface area contributed by atoms with Crippen molar-refractivity contribution in [1.82, 2.24) is 19.4 Å². The zero-order valence-electron chi connectivity index (χ0n) is 20.2. The molecule has 0 saturated carbocycles. The van der Waals surface area contributed by atoms with Crippen molar-refractivity contribution in [2.24, 2.45) is 0 Å². The molecule has 0 amide bonds. The average Bonchev–Trinajstić information content (AvgIpc) is 3.59. The number of hydrogen-bond donors (Lipinski definition) is 0. The molecule has 0 aliphatic heterocycles. The van der Waals surface area contributed by atoms with Gasteiger partial charge in [-0.2, -0.15) is 0 Å². The first-order chi connectivity index (χ1) is 18.8. The minimum atomic E-state index is 0.919. The average molecular weight is 505 g/mol. The Morgan fingerprint density at radius 2 is 1.34 bits per heavy atom. The van der Waals surface area contributed by atoms with Gasteiger partial charge in [-0.15, -0.1) is 11.3 Å². The molecule has 0 aliphatic rings. The second-order valence-corrected chi connectivity index (χ2v) is 10.4. The van der Waals surface area contributed by atoms with Crippen molar-refractivity contribution < 1.29 is 0 Å². The van der Waals surface area contributed by atoms with Crippen LogP contribution in [0.2, 0.25) is 0 Å². The Balaban J connectivity index is 1.30. The van der Waals surface area contributed by atoms with Crippen molar-refractivity contribution in [3.63, 3.8) is 0 Å². The molecule has 0 aliphatic carbocycles. The van der Waals surface area contributed by atoms with Gasteiger partial charge in [0.15, 0.2) is 0 Å². The summed E-state index contributed by atoms with van der Waals surface area (Å²) in [7, 11) is 0. The van der Waals surface area contributed by atoms with Gasteiger partial charge in [-0.3, -0.25) is 4.40 Å². The maximum absolute atomic E-state index is 5.15. The Morgan fingerprint density at radius 1 is 0.553 bits per heavy atom. The number of pyridine rings is 2. The number of para-hydroxylation sites is 1. The summed E-state index contributed by atoms with van der Waals surface area (Å²) in [6.45, 7) is 0. The van der Waals surface area contributed by atoms with Crippen LogP contribution in [0.4, 0.5) is 0 Å². The molecule has 0 radical (unpaired) electrons. The SMILES string of the molecule is c1ccc(-c2nc3ccc(-c4cccc(-c5nc6ccccc6c6nc7ccccn7c56)c4)cc3s2)cc1. The van der Waals surface area contributed by atoms with Crippen LogP contribution in [0.25, 0.3) is 70.8 Å². The summed E-state index contributed by atoms with van der Waals surface area (Å²) in [6, 6.07) is 39.9. The highest BCUT2D eigenvalue weighted by atomic mass is 32.1. The van der Waals surface area contributed by atoms with Gasteiger partial charge in [0.1, 0.15) is 16.2 Å². The van der Waals surface area contributed by atoms with E-state index in [1.54, 1.807) is 11.3 Å². The van der Waals surface area contributed by atoms with Crippen LogP contribution in [0.1, 0.15) is 0 Å². The lowest BCUT2D eigenvalue weighted by Gasteiger charge is -2.09. The third kappa shape index (κ3) is 3.33. The summed E-state index contributed by atoms with van der Waals surface area (Å²) < 4.78 is 3.32. The van der Waals surface area contributed by atoms with Crippen LogP contribution in [0, 0.1) is 0 Å². The topological polar surface area (TPSA) is 43.1 Å². The Kier molecular flexibility index (Phi) is 4.66. The highest BCUT2D eigenvalue weighted by molar-refractivity contribution is 7.21. The van der Waals surface area contributed by atoms with Crippen molar-refractivity contribution in [2.45, 2.75) is 0 Å². The van der Waals surface area contributed by atoms with Crippen LogP contribution in [0.5, 0.6) is 0 Å². The fourth-order valence-corrected chi connectivity index (χ4v) is 6.22. The monoisotopic (exact) mass is 504 g/mol. The minimum Gasteiger partial charge on any atom is -0.298 e. The second-order valence-electron chi connectivity index (χ2n) is 9.36. The van der Waals surface area contributed by atoms with Crippen LogP contribution in [0.3, 0.4) is 0 Å². The maximum atomic E-state index is 5.15. The molecule has 4 nitrogen and oxygen atoms in total. The lowest BCUT2D eigenvalue weighted by atomic mass is 10.00. The van der Waals surface area contributed by atoms with Gasteiger partial charge in [-0.1, -0.05) is 78.9 Å². The van der Waals surface area contributed by atoms with Gasteiger partial charge in [0.25, 0.3) is 0 Å². The zero-order valence-corrected chi connectivity index (χ0v) is 21.1. The molecule has 4 aromatic heterocycles. The van der Waals surface area contributed by atoms with E-state index in [0.717, 1.165) is 66.1 Å². The molecule has 8 aromatic rings. The first kappa shape index (κ1) is 21.2. The first-order valence-electron chi connectivity index (χ1n) is 12.5. The van der Waals surface area contributed by atoms with Gasteiger partial charge < -0.3 is 0 Å². The fourth-order valence-electron chi connectivity index (χ4n) is 5.21. The van der Waals surface area contributed by atoms with Crippen molar-refractivity contribution in [2.75, 3.05) is 0 Å². The molecule has 0 unspecified atom stereocenters. The molecule has 0 spiro atoms. The normalized spacial score (nSPS) is 11.7. The molecular formula is C33H20N4S. The summed E-state index contributed by atoms with van der Waals surface area (Å²) in [5.74, 6) is 0. The van der Waals surface area contributed by atoms with Crippen molar-refractivity contribution in [3.8, 4) is 33.0 Å².